The lowest BCUT2D eigenvalue weighted by atomic mass is 10.0. The van der Waals surface area contributed by atoms with E-state index in [9.17, 15) is 14.4 Å². The number of amides is 2. The van der Waals surface area contributed by atoms with Crippen molar-refractivity contribution in [3.05, 3.63) is 53.5 Å². The fourth-order valence-corrected chi connectivity index (χ4v) is 4.99. The van der Waals surface area contributed by atoms with Gasteiger partial charge in [-0.1, -0.05) is 12.1 Å². The smallest absolute Gasteiger partial charge is 0.317 e. The predicted molar refractivity (Wildman–Crippen MR) is 110 cm³/mol. The number of anilines is 1. The zero-order valence-corrected chi connectivity index (χ0v) is 16.8. The lowest BCUT2D eigenvalue weighted by molar-refractivity contribution is 0.196. The van der Waals surface area contributed by atoms with Crippen LogP contribution in [0.25, 0.3) is 0 Å². The molecule has 6 nitrogen and oxygen atoms in total. The number of thioether (sulfide) groups is 1. The van der Waals surface area contributed by atoms with Gasteiger partial charge < -0.3 is 15.1 Å². The minimum atomic E-state index is -0.222. The van der Waals surface area contributed by atoms with Gasteiger partial charge in [-0.15, -0.1) is 11.8 Å². The number of urea groups is 1. The molecular weight excluding hydrogens is 389 g/mol. The second-order valence-electron chi connectivity index (χ2n) is 7.11. The van der Waals surface area contributed by atoms with Crippen LogP contribution in [0.5, 0.6) is 0 Å². The highest BCUT2D eigenvalue weighted by Gasteiger charge is 2.27. The van der Waals surface area contributed by atoms with Crippen molar-refractivity contribution in [3.8, 4) is 6.07 Å². The zero-order chi connectivity index (χ0) is 20.2. The van der Waals surface area contributed by atoms with E-state index in [1.807, 2.05) is 6.07 Å². The molecule has 1 aromatic heterocycles. The first kappa shape index (κ1) is 19.5. The van der Waals surface area contributed by atoms with Crippen molar-refractivity contribution in [2.24, 2.45) is 0 Å². The van der Waals surface area contributed by atoms with Crippen LogP contribution >= 0.6 is 11.8 Å². The fourth-order valence-electron chi connectivity index (χ4n) is 3.85. The van der Waals surface area contributed by atoms with Gasteiger partial charge in [-0.05, 0) is 36.6 Å². The Kier molecular flexibility index (Phi) is 5.86. The number of hydrogen-bond donors (Lipinski definition) is 1. The van der Waals surface area contributed by atoms with Gasteiger partial charge in [0.25, 0.3) is 0 Å². The maximum Gasteiger partial charge on any atom is 0.317 e. The highest BCUT2D eigenvalue weighted by Crippen LogP contribution is 2.37. The zero-order valence-electron chi connectivity index (χ0n) is 16.0. The molecule has 1 aromatic carbocycles. The molecule has 8 heteroatoms. The minimum absolute atomic E-state index is 0.125. The first-order valence-corrected chi connectivity index (χ1v) is 10.7. The molecule has 1 fully saturated rings. The summed E-state index contributed by atoms with van der Waals surface area (Å²) in [7, 11) is 0. The number of carbonyl (C=O) groups excluding carboxylic acids is 1. The highest BCUT2D eigenvalue weighted by molar-refractivity contribution is 7.99. The third kappa shape index (κ3) is 4.15. The number of fused-ring (bicyclic) bond motifs is 1. The summed E-state index contributed by atoms with van der Waals surface area (Å²) in [5.74, 6) is 1.23. The fraction of sp³-hybridized carbons (Fsp3) is 0.381. The molecule has 2 aromatic rings. The Labute approximate surface area is 173 Å². The largest absolute Gasteiger partial charge is 0.354 e. The lowest BCUT2D eigenvalue weighted by Gasteiger charge is -2.29. The summed E-state index contributed by atoms with van der Waals surface area (Å²) in [6.45, 7) is 2.54. The molecule has 2 aliphatic rings. The molecule has 0 spiro atoms. The molecule has 0 radical (unpaired) electrons. The molecular formula is C21H22FN5OS. The molecule has 1 saturated heterocycles. The Balaban J connectivity index is 1.42. The van der Waals surface area contributed by atoms with Gasteiger partial charge in [0.1, 0.15) is 17.7 Å². The molecule has 1 unspecified atom stereocenters. The van der Waals surface area contributed by atoms with Crippen LogP contribution in [-0.4, -0.2) is 47.8 Å². The summed E-state index contributed by atoms with van der Waals surface area (Å²) >= 11 is 1.51. The number of hydrogen-bond acceptors (Lipinski definition) is 5. The predicted octanol–water partition coefficient (Wildman–Crippen LogP) is 3.55. The van der Waals surface area contributed by atoms with E-state index in [0.717, 1.165) is 30.7 Å². The monoisotopic (exact) mass is 411 g/mol. The maximum absolute atomic E-state index is 14.1. The Hall–Kier alpha value is -2.79. The molecule has 0 saturated carbocycles. The highest BCUT2D eigenvalue weighted by atomic mass is 32.2. The lowest BCUT2D eigenvalue weighted by Crippen LogP contribution is -2.44. The number of nitriles is 1. The summed E-state index contributed by atoms with van der Waals surface area (Å²) in [5, 5.41) is 12.4. The van der Waals surface area contributed by atoms with Crippen molar-refractivity contribution < 1.29 is 9.18 Å². The number of halogens is 1. The molecule has 150 valence electrons. The van der Waals surface area contributed by atoms with E-state index in [2.05, 4.69) is 21.3 Å². The molecule has 1 atom stereocenters. The Morgan fingerprint density at radius 1 is 1.24 bits per heavy atom. The van der Waals surface area contributed by atoms with E-state index in [1.165, 1.54) is 17.8 Å². The van der Waals surface area contributed by atoms with Crippen molar-refractivity contribution in [1.29, 1.82) is 5.26 Å². The third-order valence-corrected chi connectivity index (χ3v) is 6.47. The van der Waals surface area contributed by atoms with Crippen molar-refractivity contribution in [3.63, 3.8) is 0 Å². The second-order valence-corrected chi connectivity index (χ2v) is 8.22. The molecule has 2 aliphatic heterocycles. The van der Waals surface area contributed by atoms with E-state index in [4.69, 9.17) is 0 Å². The van der Waals surface area contributed by atoms with Crippen LogP contribution in [0.1, 0.15) is 30.0 Å². The van der Waals surface area contributed by atoms with E-state index < -0.39 is 0 Å². The van der Waals surface area contributed by atoms with Crippen LogP contribution in [0, 0.1) is 17.1 Å². The number of benzene rings is 1. The van der Waals surface area contributed by atoms with Crippen molar-refractivity contribution in [2.45, 2.75) is 23.8 Å². The molecule has 2 amide bonds. The minimum Gasteiger partial charge on any atom is -0.354 e. The number of rotatable bonds is 2. The number of nitrogens with one attached hydrogen (secondary N) is 1. The van der Waals surface area contributed by atoms with Crippen LogP contribution in [0.2, 0.25) is 0 Å². The van der Waals surface area contributed by atoms with Crippen molar-refractivity contribution in [1.82, 2.24) is 15.2 Å². The van der Waals surface area contributed by atoms with Gasteiger partial charge in [-0.2, -0.15) is 5.26 Å². The van der Waals surface area contributed by atoms with Gasteiger partial charge in [0, 0.05) is 43.0 Å². The summed E-state index contributed by atoms with van der Waals surface area (Å²) in [6.07, 6.45) is 3.26. The summed E-state index contributed by atoms with van der Waals surface area (Å²) in [5.41, 5.74) is 1.40. The van der Waals surface area contributed by atoms with Gasteiger partial charge in [0.2, 0.25) is 0 Å². The van der Waals surface area contributed by atoms with Crippen molar-refractivity contribution >= 4 is 23.6 Å². The number of nitrogens with zero attached hydrogens (tertiary/aromatic N) is 4. The van der Waals surface area contributed by atoms with Gasteiger partial charge in [0.15, 0.2) is 0 Å². The van der Waals surface area contributed by atoms with E-state index in [-0.39, 0.29) is 17.9 Å². The van der Waals surface area contributed by atoms with Gasteiger partial charge in [-0.25, -0.2) is 14.2 Å². The normalized spacial score (nSPS) is 19.1. The van der Waals surface area contributed by atoms with Crippen LogP contribution in [0.3, 0.4) is 0 Å². The first-order chi connectivity index (χ1) is 14.2. The molecule has 3 heterocycles. The van der Waals surface area contributed by atoms with E-state index in [1.54, 1.807) is 29.3 Å². The van der Waals surface area contributed by atoms with Crippen LogP contribution in [-0.2, 0) is 0 Å². The topological polar surface area (TPSA) is 72.3 Å². The molecule has 4 rings (SSSR count). The maximum atomic E-state index is 14.1. The SMILES string of the molecule is N#Cc1cccnc1N1CCCN(C(=O)NC2CCSc3c(F)cccc32)CC1. The van der Waals surface area contributed by atoms with Crippen molar-refractivity contribution in [2.75, 3.05) is 36.8 Å². The molecule has 29 heavy (non-hydrogen) atoms. The average Bonchev–Trinajstić information content (AvgIpc) is 3.01. The van der Waals surface area contributed by atoms with E-state index in [0.29, 0.717) is 35.9 Å². The Morgan fingerprint density at radius 3 is 3.00 bits per heavy atom. The second kappa shape index (κ2) is 8.70. The third-order valence-electron chi connectivity index (χ3n) is 5.31. The van der Waals surface area contributed by atoms with E-state index >= 15 is 0 Å². The first-order valence-electron chi connectivity index (χ1n) is 9.74. The van der Waals surface area contributed by atoms with Gasteiger partial charge in [0.05, 0.1) is 11.6 Å². The molecule has 1 N–H and O–H groups in total. The summed E-state index contributed by atoms with van der Waals surface area (Å²) in [6, 6.07) is 10.5. The quantitative estimate of drug-likeness (QED) is 0.818. The summed E-state index contributed by atoms with van der Waals surface area (Å²) < 4.78 is 14.1. The van der Waals surface area contributed by atoms with Crippen LogP contribution in [0.15, 0.2) is 41.4 Å². The average molecular weight is 412 g/mol. The van der Waals surface area contributed by atoms with Crippen LogP contribution in [0.4, 0.5) is 15.0 Å². The van der Waals surface area contributed by atoms with Gasteiger partial charge >= 0.3 is 6.03 Å². The molecule has 0 bridgehead atoms. The Bertz CT molecular complexity index is 947. The Morgan fingerprint density at radius 2 is 2.14 bits per heavy atom. The van der Waals surface area contributed by atoms with Gasteiger partial charge in [-0.3, -0.25) is 0 Å². The number of carbonyl (C=O) groups is 1. The standard InChI is InChI=1S/C21H22FN5OS/c22-17-6-1-5-16-18(7-13-29-19(16)17)25-21(28)27-10-3-9-26(11-12-27)20-15(14-23)4-2-8-24-20/h1-2,4-6,8,18H,3,7,9-13H2,(H,25,28). The molecule has 0 aliphatic carbocycles. The van der Waals surface area contributed by atoms with Crippen LogP contribution < -0.4 is 10.2 Å². The number of pyridine rings is 1. The number of aromatic nitrogens is 1. The summed E-state index contributed by atoms with van der Waals surface area (Å²) in [4.78, 5) is 21.8.